The summed E-state index contributed by atoms with van der Waals surface area (Å²) in [7, 11) is 0. The molecule has 4 nitrogen and oxygen atoms in total. The van der Waals surface area contributed by atoms with E-state index >= 15 is 0 Å². The Hall–Kier alpha value is -2.06. The molecule has 1 aliphatic rings. The fourth-order valence-electron chi connectivity index (χ4n) is 2.36. The highest BCUT2D eigenvalue weighted by Crippen LogP contribution is 2.36. The standard InChI is InChI=1S/C17H14F2N2O2S2/c18-17(19)24-11-5-3-4-10(8-11)20-15(22)9-14-16(23)21-12-6-1-2-7-13(12)25-14/h1-8,14,17H,9H2,(H,20,22)(H,21,23)/t14-/m0/s1. The molecule has 2 amide bonds. The molecule has 0 aromatic heterocycles. The molecule has 2 aromatic carbocycles. The van der Waals surface area contributed by atoms with Gasteiger partial charge in [-0.15, -0.1) is 11.8 Å². The molecule has 130 valence electrons. The Balaban J connectivity index is 1.62. The molecule has 0 bridgehead atoms. The lowest BCUT2D eigenvalue weighted by atomic mass is 10.2. The summed E-state index contributed by atoms with van der Waals surface area (Å²) in [4.78, 5) is 25.6. The Morgan fingerprint density at radius 3 is 2.84 bits per heavy atom. The van der Waals surface area contributed by atoms with Gasteiger partial charge in [-0.3, -0.25) is 9.59 Å². The number of carbonyl (C=O) groups is 2. The SMILES string of the molecule is O=C(C[C@@H]1Sc2ccccc2NC1=O)Nc1cccc(SC(F)F)c1. The minimum atomic E-state index is -2.52. The lowest BCUT2D eigenvalue weighted by molar-refractivity contribution is -0.120. The number of amides is 2. The normalized spacial score (nSPS) is 16.3. The van der Waals surface area contributed by atoms with Gasteiger partial charge in [-0.1, -0.05) is 30.0 Å². The van der Waals surface area contributed by atoms with E-state index in [1.807, 2.05) is 24.3 Å². The Kier molecular flexibility index (Phi) is 5.60. The molecule has 0 fully saturated rings. The van der Waals surface area contributed by atoms with Gasteiger partial charge in [0.25, 0.3) is 5.76 Å². The van der Waals surface area contributed by atoms with E-state index in [4.69, 9.17) is 0 Å². The minimum absolute atomic E-state index is 0.00292. The number of para-hydroxylation sites is 1. The Morgan fingerprint density at radius 2 is 2.04 bits per heavy atom. The number of thioether (sulfide) groups is 2. The maximum Gasteiger partial charge on any atom is 0.288 e. The van der Waals surface area contributed by atoms with Crippen molar-refractivity contribution in [3.05, 3.63) is 48.5 Å². The van der Waals surface area contributed by atoms with Crippen LogP contribution in [-0.2, 0) is 9.59 Å². The minimum Gasteiger partial charge on any atom is -0.326 e. The summed E-state index contributed by atoms with van der Waals surface area (Å²) < 4.78 is 24.8. The molecule has 25 heavy (non-hydrogen) atoms. The van der Waals surface area contributed by atoms with Crippen molar-refractivity contribution < 1.29 is 18.4 Å². The molecule has 2 aromatic rings. The Morgan fingerprint density at radius 1 is 1.24 bits per heavy atom. The monoisotopic (exact) mass is 380 g/mol. The van der Waals surface area contributed by atoms with Gasteiger partial charge >= 0.3 is 0 Å². The second-order valence-corrected chi connectivity index (χ2v) is 7.56. The highest BCUT2D eigenvalue weighted by atomic mass is 32.2. The van der Waals surface area contributed by atoms with Crippen LogP contribution in [0.25, 0.3) is 0 Å². The van der Waals surface area contributed by atoms with Crippen LogP contribution in [0.3, 0.4) is 0 Å². The predicted octanol–water partition coefficient (Wildman–Crippen LogP) is 4.44. The summed E-state index contributed by atoms with van der Waals surface area (Å²) in [6.07, 6.45) is -0.00292. The topological polar surface area (TPSA) is 58.2 Å². The molecule has 1 atom stereocenters. The zero-order chi connectivity index (χ0) is 17.8. The number of nitrogens with one attached hydrogen (secondary N) is 2. The van der Waals surface area contributed by atoms with E-state index in [9.17, 15) is 18.4 Å². The molecule has 1 heterocycles. The van der Waals surface area contributed by atoms with Crippen LogP contribution in [0.2, 0.25) is 0 Å². The van der Waals surface area contributed by atoms with Crippen molar-refractivity contribution in [1.82, 2.24) is 0 Å². The average Bonchev–Trinajstić information content (AvgIpc) is 2.55. The van der Waals surface area contributed by atoms with Gasteiger partial charge in [-0.2, -0.15) is 8.78 Å². The number of benzene rings is 2. The number of anilines is 2. The summed E-state index contributed by atoms with van der Waals surface area (Å²) in [6.45, 7) is 0. The predicted molar refractivity (Wildman–Crippen MR) is 96.3 cm³/mol. The van der Waals surface area contributed by atoms with Crippen molar-refractivity contribution in [2.75, 3.05) is 10.6 Å². The maximum atomic E-state index is 12.4. The van der Waals surface area contributed by atoms with Crippen molar-refractivity contribution in [2.24, 2.45) is 0 Å². The number of hydrogen-bond donors (Lipinski definition) is 2. The van der Waals surface area contributed by atoms with Crippen molar-refractivity contribution in [1.29, 1.82) is 0 Å². The Labute approximate surface area is 151 Å². The van der Waals surface area contributed by atoms with Crippen molar-refractivity contribution in [3.63, 3.8) is 0 Å². The molecule has 0 aliphatic carbocycles. The van der Waals surface area contributed by atoms with Crippen LogP contribution in [0.15, 0.2) is 58.3 Å². The summed E-state index contributed by atoms with van der Waals surface area (Å²) in [5.74, 6) is -3.08. The average molecular weight is 380 g/mol. The smallest absolute Gasteiger partial charge is 0.288 e. The number of alkyl halides is 2. The van der Waals surface area contributed by atoms with Gasteiger partial charge < -0.3 is 10.6 Å². The van der Waals surface area contributed by atoms with E-state index < -0.39 is 11.0 Å². The molecule has 3 rings (SSSR count). The fourth-order valence-corrected chi connectivity index (χ4v) is 4.03. The van der Waals surface area contributed by atoms with Gasteiger partial charge in [-0.05, 0) is 30.3 Å². The van der Waals surface area contributed by atoms with Gasteiger partial charge in [0, 0.05) is 21.9 Å². The third-order valence-electron chi connectivity index (χ3n) is 3.42. The first-order chi connectivity index (χ1) is 12.0. The summed E-state index contributed by atoms with van der Waals surface area (Å²) in [6, 6.07) is 13.6. The van der Waals surface area contributed by atoms with Crippen LogP contribution in [0.1, 0.15) is 6.42 Å². The number of carbonyl (C=O) groups excluding carboxylic acids is 2. The maximum absolute atomic E-state index is 12.4. The summed E-state index contributed by atoms with van der Waals surface area (Å²) in [5.41, 5.74) is 1.17. The second kappa shape index (κ2) is 7.88. The first-order valence-electron chi connectivity index (χ1n) is 7.42. The van der Waals surface area contributed by atoms with Crippen LogP contribution >= 0.6 is 23.5 Å². The van der Waals surface area contributed by atoms with Crippen LogP contribution in [0.4, 0.5) is 20.2 Å². The number of rotatable bonds is 5. The quantitative estimate of drug-likeness (QED) is 0.753. The molecular formula is C17H14F2N2O2S2. The van der Waals surface area contributed by atoms with Crippen LogP contribution in [-0.4, -0.2) is 22.8 Å². The van der Waals surface area contributed by atoms with E-state index in [1.54, 1.807) is 18.2 Å². The molecule has 0 saturated heterocycles. The number of halogens is 2. The summed E-state index contributed by atoms with van der Waals surface area (Å²) >= 11 is 1.75. The molecule has 0 spiro atoms. The van der Waals surface area contributed by atoms with E-state index in [0.29, 0.717) is 22.3 Å². The van der Waals surface area contributed by atoms with E-state index in [2.05, 4.69) is 10.6 Å². The van der Waals surface area contributed by atoms with Crippen molar-refractivity contribution in [3.8, 4) is 0 Å². The molecule has 2 N–H and O–H groups in total. The Bertz CT molecular complexity index is 802. The highest BCUT2D eigenvalue weighted by molar-refractivity contribution is 8.01. The number of fused-ring (bicyclic) bond motifs is 1. The molecule has 1 aliphatic heterocycles. The van der Waals surface area contributed by atoms with Gasteiger partial charge in [0.15, 0.2) is 0 Å². The lowest BCUT2D eigenvalue weighted by Crippen LogP contribution is -2.32. The summed E-state index contributed by atoms with van der Waals surface area (Å²) in [5, 5.41) is 4.91. The molecule has 0 unspecified atom stereocenters. The third-order valence-corrected chi connectivity index (χ3v) is 5.40. The van der Waals surface area contributed by atoms with Crippen molar-refractivity contribution >= 4 is 46.7 Å². The first kappa shape index (κ1) is 17.8. The van der Waals surface area contributed by atoms with Gasteiger partial charge in [-0.25, -0.2) is 0 Å². The van der Waals surface area contributed by atoms with Gasteiger partial charge in [0.1, 0.15) is 0 Å². The molecule has 0 saturated carbocycles. The van der Waals surface area contributed by atoms with Gasteiger partial charge in [0.2, 0.25) is 11.8 Å². The fraction of sp³-hybridized carbons (Fsp3) is 0.176. The van der Waals surface area contributed by atoms with Crippen LogP contribution in [0.5, 0.6) is 0 Å². The lowest BCUT2D eigenvalue weighted by Gasteiger charge is -2.23. The highest BCUT2D eigenvalue weighted by Gasteiger charge is 2.28. The molecule has 0 radical (unpaired) electrons. The number of hydrogen-bond acceptors (Lipinski definition) is 4. The molecule has 8 heteroatoms. The van der Waals surface area contributed by atoms with Gasteiger partial charge in [0.05, 0.1) is 10.9 Å². The van der Waals surface area contributed by atoms with E-state index in [0.717, 1.165) is 10.6 Å². The molecular weight excluding hydrogens is 366 g/mol. The zero-order valence-electron chi connectivity index (χ0n) is 12.9. The first-order valence-corrected chi connectivity index (χ1v) is 9.18. The second-order valence-electron chi connectivity index (χ2n) is 5.25. The van der Waals surface area contributed by atoms with Crippen LogP contribution < -0.4 is 10.6 Å². The zero-order valence-corrected chi connectivity index (χ0v) is 14.5. The third kappa shape index (κ3) is 4.73. The van der Waals surface area contributed by atoms with E-state index in [-0.39, 0.29) is 18.2 Å². The van der Waals surface area contributed by atoms with E-state index in [1.165, 1.54) is 17.8 Å². The van der Waals surface area contributed by atoms with Crippen LogP contribution in [0, 0.1) is 0 Å². The largest absolute Gasteiger partial charge is 0.326 e. The van der Waals surface area contributed by atoms with Crippen molar-refractivity contribution in [2.45, 2.75) is 27.2 Å².